The molecule has 1 aliphatic rings. The summed E-state index contributed by atoms with van der Waals surface area (Å²) in [4.78, 5) is 5.73. The molecule has 1 saturated heterocycles. The van der Waals surface area contributed by atoms with Gasteiger partial charge in [0.1, 0.15) is 0 Å². The van der Waals surface area contributed by atoms with Gasteiger partial charge in [0.05, 0.1) is 6.04 Å². The lowest BCUT2D eigenvalue weighted by molar-refractivity contribution is 0.0486. The molecular formula is C14H19N3O2S. The van der Waals surface area contributed by atoms with Crippen molar-refractivity contribution >= 4 is 11.3 Å². The van der Waals surface area contributed by atoms with Crippen LogP contribution < -0.4 is 5.32 Å². The summed E-state index contributed by atoms with van der Waals surface area (Å²) in [6.45, 7) is 4.32. The molecule has 0 saturated carbocycles. The van der Waals surface area contributed by atoms with Crippen molar-refractivity contribution in [3.63, 3.8) is 0 Å². The minimum Gasteiger partial charge on any atom is -0.381 e. The molecule has 108 valence electrons. The first-order valence-electron chi connectivity index (χ1n) is 6.96. The van der Waals surface area contributed by atoms with Gasteiger partial charge in [-0.15, -0.1) is 11.3 Å². The van der Waals surface area contributed by atoms with E-state index in [0.717, 1.165) is 32.6 Å². The number of nitrogens with one attached hydrogen (secondary N) is 1. The van der Waals surface area contributed by atoms with Crippen LogP contribution in [0, 0.1) is 12.8 Å². The van der Waals surface area contributed by atoms with E-state index < -0.39 is 0 Å². The zero-order valence-electron chi connectivity index (χ0n) is 11.5. The maximum atomic E-state index is 5.45. The minimum atomic E-state index is 0.113. The van der Waals surface area contributed by atoms with Gasteiger partial charge in [0.15, 0.2) is 5.82 Å². The molecule has 1 atom stereocenters. The summed E-state index contributed by atoms with van der Waals surface area (Å²) < 4.78 is 10.8. The summed E-state index contributed by atoms with van der Waals surface area (Å²) in [6.07, 6.45) is 2.06. The Morgan fingerprint density at radius 2 is 2.30 bits per heavy atom. The van der Waals surface area contributed by atoms with Crippen LogP contribution in [0.3, 0.4) is 0 Å². The third kappa shape index (κ3) is 3.26. The van der Waals surface area contributed by atoms with Gasteiger partial charge in [0.2, 0.25) is 5.89 Å². The van der Waals surface area contributed by atoms with E-state index in [9.17, 15) is 0 Å². The smallest absolute Gasteiger partial charge is 0.244 e. The Labute approximate surface area is 122 Å². The average Bonchev–Trinajstić information content (AvgIpc) is 3.12. The van der Waals surface area contributed by atoms with E-state index in [4.69, 9.17) is 9.26 Å². The first-order chi connectivity index (χ1) is 9.83. The number of thiophene rings is 1. The van der Waals surface area contributed by atoms with E-state index in [-0.39, 0.29) is 6.04 Å². The SMILES string of the molecule is Cc1noc([C@@H](NCc2cccs2)C2CCOCC2)n1. The molecule has 0 spiro atoms. The maximum absolute atomic E-state index is 5.45. The maximum Gasteiger partial charge on any atom is 0.244 e. The van der Waals surface area contributed by atoms with Gasteiger partial charge < -0.3 is 14.6 Å². The normalized spacial score (nSPS) is 18.2. The van der Waals surface area contributed by atoms with E-state index in [1.54, 1.807) is 11.3 Å². The summed E-state index contributed by atoms with van der Waals surface area (Å²) in [6, 6.07) is 4.32. The van der Waals surface area contributed by atoms with Crippen LogP contribution in [0.1, 0.15) is 35.5 Å². The zero-order valence-corrected chi connectivity index (χ0v) is 12.4. The number of ether oxygens (including phenoxy) is 1. The van der Waals surface area contributed by atoms with Crippen molar-refractivity contribution in [2.45, 2.75) is 32.4 Å². The van der Waals surface area contributed by atoms with Gasteiger partial charge in [-0.05, 0) is 37.1 Å². The van der Waals surface area contributed by atoms with Gasteiger partial charge in [-0.1, -0.05) is 11.2 Å². The van der Waals surface area contributed by atoms with Crippen molar-refractivity contribution in [2.24, 2.45) is 5.92 Å². The molecule has 0 aliphatic carbocycles. The van der Waals surface area contributed by atoms with E-state index in [2.05, 4.69) is 33.0 Å². The van der Waals surface area contributed by atoms with Crippen LogP contribution in [0.4, 0.5) is 0 Å². The Balaban J connectivity index is 1.72. The summed E-state index contributed by atoms with van der Waals surface area (Å²) in [5, 5.41) is 9.60. The Kier molecular flexibility index (Phi) is 4.44. The van der Waals surface area contributed by atoms with Crippen LogP contribution >= 0.6 is 11.3 Å². The largest absolute Gasteiger partial charge is 0.381 e. The van der Waals surface area contributed by atoms with Crippen molar-refractivity contribution < 1.29 is 9.26 Å². The molecule has 0 amide bonds. The number of hydrogen-bond donors (Lipinski definition) is 1. The number of aromatic nitrogens is 2. The lowest BCUT2D eigenvalue weighted by Crippen LogP contribution is -2.32. The third-order valence-corrected chi connectivity index (χ3v) is 4.50. The molecule has 0 radical (unpaired) electrons. The molecule has 3 rings (SSSR count). The molecule has 1 fully saturated rings. The fourth-order valence-corrected chi connectivity index (χ4v) is 3.22. The Hall–Kier alpha value is -1.24. The average molecular weight is 293 g/mol. The van der Waals surface area contributed by atoms with Gasteiger partial charge in [-0.25, -0.2) is 0 Å². The van der Waals surface area contributed by atoms with Crippen molar-refractivity contribution in [3.05, 3.63) is 34.1 Å². The molecule has 2 aromatic rings. The molecule has 1 aliphatic heterocycles. The van der Waals surface area contributed by atoms with Crippen LogP contribution in [0.2, 0.25) is 0 Å². The Morgan fingerprint density at radius 3 is 2.95 bits per heavy atom. The molecular weight excluding hydrogens is 274 g/mol. The third-order valence-electron chi connectivity index (χ3n) is 3.62. The highest BCUT2D eigenvalue weighted by Crippen LogP contribution is 2.29. The van der Waals surface area contributed by atoms with Crippen molar-refractivity contribution in [3.8, 4) is 0 Å². The molecule has 0 unspecified atom stereocenters. The predicted octanol–water partition coefficient (Wildman–Crippen LogP) is 2.70. The molecule has 3 heterocycles. The fraction of sp³-hybridized carbons (Fsp3) is 0.571. The van der Waals surface area contributed by atoms with E-state index >= 15 is 0 Å². The van der Waals surface area contributed by atoms with Gasteiger partial charge in [-0.3, -0.25) is 0 Å². The summed E-state index contributed by atoms with van der Waals surface area (Å²) in [7, 11) is 0. The van der Waals surface area contributed by atoms with E-state index in [1.165, 1.54) is 4.88 Å². The zero-order chi connectivity index (χ0) is 13.8. The predicted molar refractivity (Wildman–Crippen MR) is 76.5 cm³/mol. The molecule has 2 aromatic heterocycles. The molecule has 5 nitrogen and oxygen atoms in total. The minimum absolute atomic E-state index is 0.113. The van der Waals surface area contributed by atoms with Gasteiger partial charge >= 0.3 is 0 Å². The number of rotatable bonds is 5. The molecule has 0 bridgehead atoms. The number of nitrogens with zero attached hydrogens (tertiary/aromatic N) is 2. The first-order valence-corrected chi connectivity index (χ1v) is 7.84. The van der Waals surface area contributed by atoms with Crippen molar-refractivity contribution in [1.82, 2.24) is 15.5 Å². The van der Waals surface area contributed by atoms with Crippen molar-refractivity contribution in [2.75, 3.05) is 13.2 Å². The van der Waals surface area contributed by atoms with Gasteiger partial charge in [-0.2, -0.15) is 4.98 Å². The monoisotopic (exact) mass is 293 g/mol. The number of hydrogen-bond acceptors (Lipinski definition) is 6. The van der Waals surface area contributed by atoms with Crippen LogP contribution in [-0.2, 0) is 11.3 Å². The van der Waals surface area contributed by atoms with Gasteiger partial charge in [0.25, 0.3) is 0 Å². The van der Waals surface area contributed by atoms with E-state index in [0.29, 0.717) is 17.6 Å². The second-order valence-electron chi connectivity index (χ2n) is 5.07. The number of aryl methyl sites for hydroxylation is 1. The lowest BCUT2D eigenvalue weighted by atomic mass is 9.91. The quantitative estimate of drug-likeness (QED) is 0.918. The first kappa shape index (κ1) is 13.7. The molecule has 0 aromatic carbocycles. The summed E-state index contributed by atoms with van der Waals surface area (Å²) in [5.74, 6) is 1.88. The fourth-order valence-electron chi connectivity index (χ4n) is 2.57. The van der Waals surface area contributed by atoms with Crippen molar-refractivity contribution in [1.29, 1.82) is 0 Å². The topological polar surface area (TPSA) is 60.2 Å². The standard InChI is InChI=1S/C14H19N3O2S/c1-10-16-14(19-17-10)13(11-4-6-18-7-5-11)15-9-12-3-2-8-20-12/h2-3,8,11,13,15H,4-7,9H2,1H3/t13-/m0/s1. The second kappa shape index (κ2) is 6.47. The summed E-state index contributed by atoms with van der Waals surface area (Å²) >= 11 is 1.76. The molecule has 1 N–H and O–H groups in total. The highest BCUT2D eigenvalue weighted by atomic mass is 32.1. The Morgan fingerprint density at radius 1 is 1.45 bits per heavy atom. The highest BCUT2D eigenvalue weighted by molar-refractivity contribution is 7.09. The Bertz CT molecular complexity index is 520. The second-order valence-corrected chi connectivity index (χ2v) is 6.10. The summed E-state index contributed by atoms with van der Waals surface area (Å²) in [5.41, 5.74) is 0. The lowest BCUT2D eigenvalue weighted by Gasteiger charge is -2.28. The van der Waals surface area contributed by atoms with Gasteiger partial charge in [0, 0.05) is 24.6 Å². The van der Waals surface area contributed by atoms with E-state index in [1.807, 2.05) is 6.92 Å². The highest BCUT2D eigenvalue weighted by Gasteiger charge is 2.29. The van der Waals surface area contributed by atoms with Crippen LogP contribution in [0.25, 0.3) is 0 Å². The van der Waals surface area contributed by atoms with Crippen LogP contribution in [0.5, 0.6) is 0 Å². The molecule has 6 heteroatoms. The molecule has 20 heavy (non-hydrogen) atoms. The van der Waals surface area contributed by atoms with Crippen LogP contribution in [0.15, 0.2) is 22.0 Å². The van der Waals surface area contributed by atoms with Crippen LogP contribution in [-0.4, -0.2) is 23.4 Å².